The fourth-order valence-electron chi connectivity index (χ4n) is 1.06. The van der Waals surface area contributed by atoms with Crippen molar-refractivity contribution in [3.63, 3.8) is 0 Å². The number of carbonyl (C=O) groups is 1. The Bertz CT molecular complexity index is 444. The van der Waals surface area contributed by atoms with Crippen molar-refractivity contribution in [2.45, 2.75) is 0 Å². The molecule has 0 aliphatic rings. The maximum Gasteiger partial charge on any atom is 0.252 e. The Labute approximate surface area is 99.5 Å². The SMILES string of the molecule is O=C(NCS(=O)(=O)CCCl)c1ccccc1. The summed E-state index contributed by atoms with van der Waals surface area (Å²) < 4.78 is 22.5. The molecular formula is C10H12ClNO3S. The largest absolute Gasteiger partial charge is 0.338 e. The van der Waals surface area contributed by atoms with Gasteiger partial charge in [-0.05, 0) is 12.1 Å². The summed E-state index contributed by atoms with van der Waals surface area (Å²) in [7, 11) is -3.30. The minimum Gasteiger partial charge on any atom is -0.338 e. The molecule has 0 radical (unpaired) electrons. The van der Waals surface area contributed by atoms with Crippen LogP contribution in [0, 0.1) is 0 Å². The summed E-state index contributed by atoms with van der Waals surface area (Å²) in [5, 5.41) is 2.34. The summed E-state index contributed by atoms with van der Waals surface area (Å²) >= 11 is 5.33. The molecule has 0 saturated carbocycles. The monoisotopic (exact) mass is 261 g/mol. The van der Waals surface area contributed by atoms with E-state index in [4.69, 9.17) is 11.6 Å². The Kier molecular flexibility index (Phi) is 4.76. The van der Waals surface area contributed by atoms with E-state index in [-0.39, 0.29) is 17.5 Å². The van der Waals surface area contributed by atoms with Crippen LogP contribution in [0.15, 0.2) is 30.3 Å². The standard InChI is InChI=1S/C10H12ClNO3S/c11-6-7-16(14,15)8-12-10(13)9-4-2-1-3-5-9/h1-5H,6-8H2,(H,12,13). The van der Waals surface area contributed by atoms with Crippen molar-refractivity contribution in [3.05, 3.63) is 35.9 Å². The van der Waals surface area contributed by atoms with Gasteiger partial charge in [-0.1, -0.05) is 18.2 Å². The third-order valence-corrected chi connectivity index (χ3v) is 3.70. The first-order chi connectivity index (χ1) is 7.55. The van der Waals surface area contributed by atoms with Gasteiger partial charge in [-0.2, -0.15) is 0 Å². The Morgan fingerprint density at radius 2 is 1.88 bits per heavy atom. The van der Waals surface area contributed by atoms with E-state index in [0.717, 1.165) is 0 Å². The minimum absolute atomic E-state index is 0.0313. The Hall–Kier alpha value is -1.07. The van der Waals surface area contributed by atoms with E-state index in [0.29, 0.717) is 5.56 Å². The summed E-state index contributed by atoms with van der Waals surface area (Å²) in [6.07, 6.45) is 0. The van der Waals surface area contributed by atoms with Gasteiger partial charge in [0, 0.05) is 11.4 Å². The van der Waals surface area contributed by atoms with Gasteiger partial charge in [0.2, 0.25) is 0 Å². The van der Waals surface area contributed by atoms with Crippen molar-refractivity contribution in [1.82, 2.24) is 5.32 Å². The van der Waals surface area contributed by atoms with Crippen molar-refractivity contribution < 1.29 is 13.2 Å². The molecule has 0 aliphatic heterocycles. The Morgan fingerprint density at radius 3 is 2.44 bits per heavy atom. The molecule has 1 rings (SSSR count). The molecule has 16 heavy (non-hydrogen) atoms. The fourth-order valence-corrected chi connectivity index (χ4v) is 2.49. The Balaban J connectivity index is 2.54. The number of sulfone groups is 1. The zero-order valence-electron chi connectivity index (χ0n) is 8.52. The van der Waals surface area contributed by atoms with E-state index >= 15 is 0 Å². The third kappa shape index (κ3) is 4.20. The third-order valence-electron chi connectivity index (χ3n) is 1.88. The predicted octanol–water partition coefficient (Wildman–Crippen LogP) is 1.03. The lowest BCUT2D eigenvalue weighted by atomic mass is 10.2. The summed E-state index contributed by atoms with van der Waals surface area (Å²) in [6, 6.07) is 8.43. The van der Waals surface area contributed by atoms with E-state index < -0.39 is 15.7 Å². The average molecular weight is 262 g/mol. The summed E-state index contributed by atoms with van der Waals surface area (Å²) in [5.41, 5.74) is 0.434. The molecule has 1 N–H and O–H groups in total. The lowest BCUT2D eigenvalue weighted by Crippen LogP contribution is -2.31. The smallest absolute Gasteiger partial charge is 0.252 e. The van der Waals surface area contributed by atoms with Gasteiger partial charge in [-0.25, -0.2) is 8.42 Å². The molecule has 0 heterocycles. The number of amides is 1. The van der Waals surface area contributed by atoms with Crippen molar-refractivity contribution in [2.24, 2.45) is 0 Å². The van der Waals surface area contributed by atoms with E-state index in [1.165, 1.54) is 0 Å². The van der Waals surface area contributed by atoms with Crippen LogP contribution in [0.2, 0.25) is 0 Å². The second-order valence-corrected chi connectivity index (χ2v) is 5.71. The molecular weight excluding hydrogens is 250 g/mol. The van der Waals surface area contributed by atoms with Gasteiger partial charge < -0.3 is 5.32 Å². The Morgan fingerprint density at radius 1 is 1.25 bits per heavy atom. The van der Waals surface area contributed by atoms with Crippen LogP contribution in [0.1, 0.15) is 10.4 Å². The van der Waals surface area contributed by atoms with Crippen LogP contribution in [0.25, 0.3) is 0 Å². The molecule has 1 aromatic carbocycles. The number of benzene rings is 1. The first-order valence-electron chi connectivity index (χ1n) is 4.65. The quantitative estimate of drug-likeness (QED) is 0.805. The number of rotatable bonds is 5. The van der Waals surface area contributed by atoms with Gasteiger partial charge in [-0.15, -0.1) is 11.6 Å². The second-order valence-electron chi connectivity index (χ2n) is 3.15. The van der Waals surface area contributed by atoms with Crippen LogP contribution in [-0.4, -0.2) is 31.8 Å². The number of nitrogens with one attached hydrogen (secondary N) is 1. The fraction of sp³-hybridized carbons (Fsp3) is 0.300. The highest BCUT2D eigenvalue weighted by atomic mass is 35.5. The van der Waals surface area contributed by atoms with Crippen LogP contribution in [-0.2, 0) is 9.84 Å². The normalized spacial score (nSPS) is 11.1. The molecule has 0 bridgehead atoms. The zero-order chi connectivity index (χ0) is 12.0. The van der Waals surface area contributed by atoms with Crippen LogP contribution in [0.4, 0.5) is 0 Å². The molecule has 1 aromatic rings. The van der Waals surface area contributed by atoms with Crippen molar-refractivity contribution in [2.75, 3.05) is 17.5 Å². The number of hydrogen-bond donors (Lipinski definition) is 1. The van der Waals surface area contributed by atoms with E-state index in [1.807, 2.05) is 0 Å². The highest BCUT2D eigenvalue weighted by Crippen LogP contribution is 1.98. The maximum atomic E-state index is 11.5. The summed E-state index contributed by atoms with van der Waals surface area (Å²) in [6.45, 7) is 0. The van der Waals surface area contributed by atoms with Crippen LogP contribution in [0.5, 0.6) is 0 Å². The van der Waals surface area contributed by atoms with Gasteiger partial charge in [0.25, 0.3) is 5.91 Å². The first kappa shape index (κ1) is 13.0. The molecule has 0 aliphatic carbocycles. The number of hydrogen-bond acceptors (Lipinski definition) is 3. The lowest BCUT2D eigenvalue weighted by Gasteiger charge is -2.05. The summed E-state index contributed by atoms with van der Waals surface area (Å²) in [4.78, 5) is 11.5. The molecule has 88 valence electrons. The first-order valence-corrected chi connectivity index (χ1v) is 7.00. The van der Waals surface area contributed by atoms with E-state index in [9.17, 15) is 13.2 Å². The van der Waals surface area contributed by atoms with E-state index in [2.05, 4.69) is 5.32 Å². The van der Waals surface area contributed by atoms with Gasteiger partial charge in [0.1, 0.15) is 5.88 Å². The number of halogens is 1. The molecule has 0 unspecified atom stereocenters. The molecule has 0 aromatic heterocycles. The highest BCUT2D eigenvalue weighted by molar-refractivity contribution is 7.91. The van der Waals surface area contributed by atoms with Gasteiger partial charge in [0.05, 0.1) is 5.75 Å². The molecule has 0 saturated heterocycles. The van der Waals surface area contributed by atoms with Crippen LogP contribution in [0.3, 0.4) is 0 Å². The molecule has 1 amide bonds. The topological polar surface area (TPSA) is 63.2 Å². The predicted molar refractivity (Wildman–Crippen MR) is 63.3 cm³/mol. The minimum atomic E-state index is -3.30. The molecule has 0 atom stereocenters. The zero-order valence-corrected chi connectivity index (χ0v) is 10.1. The summed E-state index contributed by atoms with van der Waals surface area (Å²) in [5.74, 6) is -0.889. The molecule has 0 spiro atoms. The van der Waals surface area contributed by atoms with Crippen molar-refractivity contribution in [3.8, 4) is 0 Å². The average Bonchev–Trinajstić information content (AvgIpc) is 2.27. The number of carbonyl (C=O) groups excluding carboxylic acids is 1. The van der Waals surface area contributed by atoms with Gasteiger partial charge >= 0.3 is 0 Å². The molecule has 4 nitrogen and oxygen atoms in total. The highest BCUT2D eigenvalue weighted by Gasteiger charge is 2.12. The van der Waals surface area contributed by atoms with Crippen molar-refractivity contribution in [1.29, 1.82) is 0 Å². The van der Waals surface area contributed by atoms with Crippen LogP contribution < -0.4 is 5.32 Å². The van der Waals surface area contributed by atoms with Gasteiger partial charge in [0.15, 0.2) is 9.84 Å². The van der Waals surface area contributed by atoms with Crippen LogP contribution >= 0.6 is 11.6 Å². The molecule has 6 heteroatoms. The number of alkyl halides is 1. The second kappa shape index (κ2) is 5.86. The van der Waals surface area contributed by atoms with E-state index in [1.54, 1.807) is 30.3 Å². The molecule has 0 fully saturated rings. The van der Waals surface area contributed by atoms with Crippen molar-refractivity contribution >= 4 is 27.3 Å². The lowest BCUT2D eigenvalue weighted by molar-refractivity contribution is 0.0960. The maximum absolute atomic E-state index is 11.5. The van der Waals surface area contributed by atoms with Gasteiger partial charge in [-0.3, -0.25) is 4.79 Å².